The van der Waals surface area contributed by atoms with Gasteiger partial charge in [-0.3, -0.25) is 9.59 Å². The number of hydrogen-bond donors (Lipinski definition) is 1. The molecule has 1 aliphatic carbocycles. The fourth-order valence-corrected chi connectivity index (χ4v) is 6.00. The Morgan fingerprint density at radius 2 is 1.36 bits per heavy atom. The minimum absolute atomic E-state index is 0.00851. The lowest BCUT2D eigenvalue weighted by Crippen LogP contribution is -2.32. The van der Waals surface area contributed by atoms with Crippen molar-refractivity contribution in [2.75, 3.05) is 13.2 Å². The Hall–Kier alpha value is -5.70. The van der Waals surface area contributed by atoms with Crippen molar-refractivity contribution in [3.05, 3.63) is 131 Å². The van der Waals surface area contributed by atoms with E-state index in [1.165, 1.54) is 34.4 Å². The number of carbonyl (C=O) groups is 4. The number of benzene rings is 4. The highest BCUT2D eigenvalue weighted by Crippen LogP contribution is 2.44. The summed E-state index contributed by atoms with van der Waals surface area (Å²) in [4.78, 5) is 55.5. The van der Waals surface area contributed by atoms with Crippen molar-refractivity contribution in [2.24, 2.45) is 0 Å². The molecule has 4 aromatic carbocycles. The number of nitrogens with one attached hydrogen (secondary N) is 1. The van der Waals surface area contributed by atoms with Crippen molar-refractivity contribution in [3.63, 3.8) is 0 Å². The standard InChI is InChI=1S/C35H27N3O6/c39-32-28-12-5-6-13-29(28)33(40)38(32)44-34(41)23-14-15-31-22(20-23)16-19-37(31)18-7-17-36-35(42)43-21-30-26-10-3-1-8-24(26)25-9-2-4-11-27(25)30/h1-6,8-16,19-20,30H,7,17-18,21H2,(H,36,42). The predicted octanol–water partition coefficient (Wildman–Crippen LogP) is 5.94. The maximum atomic E-state index is 12.8. The molecule has 0 spiro atoms. The third-order valence-electron chi connectivity index (χ3n) is 8.13. The fourth-order valence-electron chi connectivity index (χ4n) is 6.00. The second kappa shape index (κ2) is 11.2. The number of fused-ring (bicyclic) bond motifs is 5. The Kier molecular flexibility index (Phi) is 6.90. The Bertz CT molecular complexity index is 1880. The van der Waals surface area contributed by atoms with Gasteiger partial charge in [-0.1, -0.05) is 65.7 Å². The summed E-state index contributed by atoms with van der Waals surface area (Å²) in [5.74, 6) is -2.13. The van der Waals surface area contributed by atoms with Crippen LogP contribution in [0, 0.1) is 0 Å². The smallest absolute Gasteiger partial charge is 0.407 e. The van der Waals surface area contributed by atoms with Gasteiger partial charge in [-0.05, 0) is 65.1 Å². The Morgan fingerprint density at radius 1 is 0.750 bits per heavy atom. The van der Waals surface area contributed by atoms with E-state index < -0.39 is 23.9 Å². The molecular formula is C35H27N3O6. The van der Waals surface area contributed by atoms with Crippen LogP contribution in [0.3, 0.4) is 0 Å². The summed E-state index contributed by atoms with van der Waals surface area (Å²) in [5, 5.41) is 4.15. The molecule has 218 valence electrons. The van der Waals surface area contributed by atoms with E-state index in [9.17, 15) is 19.2 Å². The number of nitrogens with zero attached hydrogens (tertiary/aromatic N) is 2. The zero-order chi connectivity index (χ0) is 30.2. The average Bonchev–Trinajstić information content (AvgIpc) is 3.69. The van der Waals surface area contributed by atoms with Gasteiger partial charge in [0.05, 0.1) is 16.7 Å². The summed E-state index contributed by atoms with van der Waals surface area (Å²) in [6, 6.07) is 29.7. The number of hydroxylamine groups is 2. The van der Waals surface area contributed by atoms with Crippen LogP contribution >= 0.6 is 0 Å². The molecule has 5 aromatic rings. The predicted molar refractivity (Wildman–Crippen MR) is 162 cm³/mol. The van der Waals surface area contributed by atoms with Gasteiger partial charge in [-0.25, -0.2) is 9.59 Å². The minimum Gasteiger partial charge on any atom is -0.449 e. The van der Waals surface area contributed by atoms with Crippen molar-refractivity contribution in [1.82, 2.24) is 14.9 Å². The molecule has 9 nitrogen and oxygen atoms in total. The van der Waals surface area contributed by atoms with Crippen LogP contribution in [0.5, 0.6) is 0 Å². The second-order valence-electron chi connectivity index (χ2n) is 10.7. The topological polar surface area (TPSA) is 107 Å². The molecular weight excluding hydrogens is 558 g/mol. The molecule has 3 amide bonds. The number of imide groups is 1. The lowest BCUT2D eigenvalue weighted by molar-refractivity contribution is -0.0584. The number of alkyl carbamates (subject to hydrolysis) is 1. The number of aryl methyl sites for hydroxylation is 1. The first-order valence-corrected chi connectivity index (χ1v) is 14.4. The Balaban J connectivity index is 0.912. The largest absolute Gasteiger partial charge is 0.449 e. The van der Waals surface area contributed by atoms with Gasteiger partial charge in [0.1, 0.15) is 6.61 Å². The summed E-state index contributed by atoms with van der Waals surface area (Å²) in [5.41, 5.74) is 6.21. The van der Waals surface area contributed by atoms with Gasteiger partial charge in [0.2, 0.25) is 0 Å². The number of amides is 3. The quantitative estimate of drug-likeness (QED) is 0.179. The zero-order valence-corrected chi connectivity index (χ0v) is 23.6. The van der Waals surface area contributed by atoms with Gasteiger partial charge in [0.15, 0.2) is 0 Å². The number of rotatable bonds is 8. The molecule has 9 heteroatoms. The van der Waals surface area contributed by atoms with Crippen LogP contribution in [0.25, 0.3) is 22.0 Å². The molecule has 0 saturated carbocycles. The highest BCUT2D eigenvalue weighted by Gasteiger charge is 2.38. The van der Waals surface area contributed by atoms with Crippen molar-refractivity contribution in [1.29, 1.82) is 0 Å². The summed E-state index contributed by atoms with van der Waals surface area (Å²) in [6.45, 7) is 1.33. The van der Waals surface area contributed by atoms with E-state index in [0.29, 0.717) is 24.6 Å². The summed E-state index contributed by atoms with van der Waals surface area (Å²) in [6.07, 6.45) is 2.11. The van der Waals surface area contributed by atoms with Gasteiger partial charge >= 0.3 is 12.1 Å². The number of carbonyl (C=O) groups excluding carboxylic acids is 4. The minimum atomic E-state index is -0.804. The molecule has 0 unspecified atom stereocenters. The first-order chi connectivity index (χ1) is 21.5. The van der Waals surface area contributed by atoms with Gasteiger partial charge in [-0.2, -0.15) is 0 Å². The highest BCUT2D eigenvalue weighted by atomic mass is 16.7. The first kappa shape index (κ1) is 27.2. The summed E-state index contributed by atoms with van der Waals surface area (Å²) >= 11 is 0. The van der Waals surface area contributed by atoms with E-state index in [4.69, 9.17) is 9.57 Å². The van der Waals surface area contributed by atoms with E-state index in [2.05, 4.69) is 29.6 Å². The van der Waals surface area contributed by atoms with Crippen molar-refractivity contribution in [3.8, 4) is 11.1 Å². The van der Waals surface area contributed by atoms with Crippen LogP contribution in [-0.4, -0.2) is 46.7 Å². The lowest BCUT2D eigenvalue weighted by atomic mass is 9.98. The van der Waals surface area contributed by atoms with Crippen LogP contribution in [0.1, 0.15) is 54.5 Å². The third-order valence-corrected chi connectivity index (χ3v) is 8.13. The Labute approximate surface area is 252 Å². The average molecular weight is 586 g/mol. The maximum Gasteiger partial charge on any atom is 0.407 e. The molecule has 1 aromatic heterocycles. The normalized spacial score (nSPS) is 13.5. The van der Waals surface area contributed by atoms with Crippen LogP contribution in [0.4, 0.5) is 4.79 Å². The van der Waals surface area contributed by atoms with Gasteiger partial charge in [0, 0.05) is 36.1 Å². The molecule has 1 N–H and O–H groups in total. The molecule has 0 atom stereocenters. The molecule has 0 bridgehead atoms. The van der Waals surface area contributed by atoms with E-state index in [0.717, 1.165) is 10.9 Å². The molecule has 44 heavy (non-hydrogen) atoms. The van der Waals surface area contributed by atoms with E-state index in [-0.39, 0.29) is 29.2 Å². The molecule has 2 heterocycles. The van der Waals surface area contributed by atoms with E-state index in [1.54, 1.807) is 30.3 Å². The molecule has 0 fully saturated rings. The van der Waals surface area contributed by atoms with Crippen molar-refractivity contribution in [2.45, 2.75) is 18.9 Å². The second-order valence-corrected chi connectivity index (χ2v) is 10.7. The van der Waals surface area contributed by atoms with Gasteiger partial charge in [0.25, 0.3) is 11.8 Å². The Morgan fingerprint density at radius 3 is 2.02 bits per heavy atom. The monoisotopic (exact) mass is 585 g/mol. The number of aromatic nitrogens is 1. The molecule has 1 aliphatic heterocycles. The van der Waals surface area contributed by atoms with Crippen molar-refractivity contribution < 1.29 is 28.8 Å². The molecule has 0 saturated heterocycles. The molecule has 0 radical (unpaired) electrons. The SMILES string of the molecule is O=C(NCCCn1ccc2cc(C(=O)ON3C(=O)c4ccccc4C3=O)ccc21)OCC1c2ccccc2-c2ccccc21. The summed E-state index contributed by atoms with van der Waals surface area (Å²) < 4.78 is 7.64. The lowest BCUT2D eigenvalue weighted by Gasteiger charge is -2.14. The highest BCUT2D eigenvalue weighted by molar-refractivity contribution is 6.21. The van der Waals surface area contributed by atoms with E-state index >= 15 is 0 Å². The summed E-state index contributed by atoms with van der Waals surface area (Å²) in [7, 11) is 0. The van der Waals surface area contributed by atoms with Gasteiger partial charge < -0.3 is 19.5 Å². The first-order valence-electron chi connectivity index (χ1n) is 14.4. The fraction of sp³-hybridized carbons (Fsp3) is 0.143. The molecule has 2 aliphatic rings. The van der Waals surface area contributed by atoms with E-state index in [1.807, 2.05) is 41.1 Å². The van der Waals surface area contributed by atoms with Crippen LogP contribution in [-0.2, 0) is 16.1 Å². The maximum absolute atomic E-state index is 12.8. The van der Waals surface area contributed by atoms with Crippen LogP contribution in [0.2, 0.25) is 0 Å². The number of ether oxygens (including phenoxy) is 1. The van der Waals surface area contributed by atoms with Gasteiger partial charge in [-0.15, -0.1) is 0 Å². The van der Waals surface area contributed by atoms with Crippen LogP contribution in [0.15, 0.2) is 103 Å². The molecule has 7 rings (SSSR count). The number of hydrogen-bond acceptors (Lipinski definition) is 6. The third kappa shape index (κ3) is 4.78. The zero-order valence-electron chi connectivity index (χ0n) is 23.6. The van der Waals surface area contributed by atoms with Crippen LogP contribution < -0.4 is 5.32 Å². The van der Waals surface area contributed by atoms with Crippen molar-refractivity contribution >= 4 is 34.8 Å².